The zero-order valence-electron chi connectivity index (χ0n) is 24.6. The number of nitrogens with zero attached hydrogens (tertiary/aromatic N) is 2. The molecule has 6 aliphatic heterocycles. The van der Waals surface area contributed by atoms with Gasteiger partial charge in [-0.05, 0) is 128 Å². The van der Waals surface area contributed by atoms with E-state index in [4.69, 9.17) is 0 Å². The van der Waals surface area contributed by atoms with Crippen LogP contribution in [0.2, 0.25) is 0 Å². The molecule has 6 aliphatic rings. The molecule has 4 fully saturated rings. The zero-order valence-corrected chi connectivity index (χ0v) is 24.6. The fraction of sp³-hybridized carbons (Fsp3) is 0.657. The molecule has 2 aromatic carbocycles. The van der Waals surface area contributed by atoms with E-state index in [1.54, 1.807) is 11.1 Å². The Morgan fingerprint density at radius 1 is 0.641 bits per heavy atom. The maximum Gasteiger partial charge on any atom is 0.0453 e. The molecule has 2 N–H and O–H groups in total. The summed E-state index contributed by atoms with van der Waals surface area (Å²) < 4.78 is 0. The molecule has 0 bridgehead atoms. The van der Waals surface area contributed by atoms with E-state index in [1.165, 1.54) is 87.2 Å². The number of rotatable bonds is 2. The second-order valence-electron chi connectivity index (χ2n) is 15.0. The predicted molar refractivity (Wildman–Crippen MR) is 162 cm³/mol. The zero-order chi connectivity index (χ0) is 26.5. The summed E-state index contributed by atoms with van der Waals surface area (Å²) in [6.45, 7) is 15.3. The van der Waals surface area contributed by atoms with Crippen molar-refractivity contribution < 1.29 is 0 Å². The first-order chi connectivity index (χ1) is 18.8. The topological polar surface area (TPSA) is 30.5 Å². The van der Waals surface area contributed by atoms with E-state index in [0.29, 0.717) is 12.1 Å². The minimum Gasteiger partial charge on any atom is -0.380 e. The van der Waals surface area contributed by atoms with Gasteiger partial charge in [0.2, 0.25) is 0 Å². The third-order valence-corrected chi connectivity index (χ3v) is 12.4. The molecule has 6 heterocycles. The lowest BCUT2D eigenvalue weighted by Gasteiger charge is -2.53. The highest BCUT2D eigenvalue weighted by Gasteiger charge is 2.51. The maximum absolute atomic E-state index is 4.06. The van der Waals surface area contributed by atoms with Crippen molar-refractivity contribution in [1.29, 1.82) is 0 Å². The fourth-order valence-corrected chi connectivity index (χ4v) is 10.3. The van der Waals surface area contributed by atoms with Gasteiger partial charge in [0.1, 0.15) is 0 Å². The van der Waals surface area contributed by atoms with Gasteiger partial charge in [0.25, 0.3) is 0 Å². The number of nitrogens with one attached hydrogen (secondary N) is 2. The van der Waals surface area contributed by atoms with Crippen molar-refractivity contribution in [1.82, 2.24) is 9.80 Å². The van der Waals surface area contributed by atoms with Crippen LogP contribution in [0.25, 0.3) is 0 Å². The van der Waals surface area contributed by atoms with E-state index in [2.05, 4.69) is 84.5 Å². The van der Waals surface area contributed by atoms with Crippen LogP contribution >= 0.6 is 0 Å². The van der Waals surface area contributed by atoms with Crippen molar-refractivity contribution in [2.75, 3.05) is 36.8 Å². The van der Waals surface area contributed by atoms with Crippen LogP contribution in [0.3, 0.4) is 0 Å². The van der Waals surface area contributed by atoms with Gasteiger partial charge in [0.15, 0.2) is 0 Å². The van der Waals surface area contributed by atoms with Gasteiger partial charge in [0, 0.05) is 35.5 Å². The Kier molecular flexibility index (Phi) is 5.54. The van der Waals surface area contributed by atoms with Crippen LogP contribution in [0.5, 0.6) is 0 Å². The molecule has 208 valence electrons. The van der Waals surface area contributed by atoms with Gasteiger partial charge in [-0.1, -0.05) is 52.0 Å². The summed E-state index contributed by atoms with van der Waals surface area (Å²) in [5.74, 6) is 1.43. The third kappa shape index (κ3) is 3.69. The summed E-state index contributed by atoms with van der Waals surface area (Å²) in [5.41, 5.74) is 9.19. The van der Waals surface area contributed by atoms with Gasteiger partial charge in [-0.15, -0.1) is 0 Å². The first kappa shape index (κ1) is 24.7. The highest BCUT2D eigenvalue weighted by atomic mass is 15.2. The van der Waals surface area contributed by atoms with Crippen LogP contribution in [0.1, 0.15) is 88.5 Å². The number of benzene rings is 2. The third-order valence-electron chi connectivity index (χ3n) is 12.4. The molecule has 0 radical (unpaired) electrons. The van der Waals surface area contributed by atoms with Crippen molar-refractivity contribution in [2.45, 2.75) is 108 Å². The van der Waals surface area contributed by atoms with E-state index in [9.17, 15) is 0 Å². The van der Waals surface area contributed by atoms with Crippen LogP contribution in [0.4, 0.5) is 11.4 Å². The maximum atomic E-state index is 4.06. The Bertz CT molecular complexity index is 1180. The summed E-state index contributed by atoms with van der Waals surface area (Å²) in [4.78, 5) is 5.52. The minimum absolute atomic E-state index is 0.210. The molecule has 0 aromatic heterocycles. The van der Waals surface area contributed by atoms with Gasteiger partial charge in [-0.3, -0.25) is 9.80 Å². The van der Waals surface area contributed by atoms with Gasteiger partial charge >= 0.3 is 0 Å². The van der Waals surface area contributed by atoms with Crippen molar-refractivity contribution >= 4 is 11.4 Å². The Balaban J connectivity index is 1.08. The van der Waals surface area contributed by atoms with Crippen molar-refractivity contribution in [3.05, 3.63) is 58.7 Å². The SMILES string of the molecule is CC1(C)c2cc(Cc3ccc4c(c3)C(C)(C)[C@H]3CCN5CCC[C@H]5[C@H]3N4)ccc2N[C@@H]2[C@@H]3CCCN3CC[C@@H]21. The molecular weight excluding hydrogens is 476 g/mol. The molecule has 6 atom stereocenters. The van der Waals surface area contributed by atoms with E-state index in [0.717, 1.165) is 30.3 Å². The van der Waals surface area contributed by atoms with Gasteiger partial charge in [-0.2, -0.15) is 0 Å². The largest absolute Gasteiger partial charge is 0.380 e. The average molecular weight is 525 g/mol. The molecule has 2 aromatic rings. The summed E-state index contributed by atoms with van der Waals surface area (Å²) in [6.07, 6.45) is 9.12. The second-order valence-corrected chi connectivity index (χ2v) is 15.0. The molecule has 4 heteroatoms. The van der Waals surface area contributed by atoms with Crippen molar-refractivity contribution in [2.24, 2.45) is 11.8 Å². The molecule has 0 amide bonds. The summed E-state index contributed by atoms with van der Waals surface area (Å²) in [6, 6.07) is 17.4. The molecule has 4 nitrogen and oxygen atoms in total. The van der Waals surface area contributed by atoms with E-state index < -0.39 is 0 Å². The van der Waals surface area contributed by atoms with Gasteiger partial charge < -0.3 is 10.6 Å². The van der Waals surface area contributed by atoms with E-state index in [1.807, 2.05) is 0 Å². The van der Waals surface area contributed by atoms with Crippen molar-refractivity contribution in [3.8, 4) is 0 Å². The fourth-order valence-electron chi connectivity index (χ4n) is 10.3. The summed E-state index contributed by atoms with van der Waals surface area (Å²) in [5, 5.41) is 8.12. The Morgan fingerprint density at radius 3 is 1.56 bits per heavy atom. The molecule has 8 rings (SSSR count). The number of fused-ring (bicyclic) bond motifs is 8. The lowest BCUT2D eigenvalue weighted by atomic mass is 9.62. The monoisotopic (exact) mass is 524 g/mol. The number of hydrogen-bond acceptors (Lipinski definition) is 4. The highest BCUT2D eigenvalue weighted by Crippen LogP contribution is 2.51. The molecule has 0 aliphatic carbocycles. The Labute approximate surface area is 235 Å². The number of anilines is 2. The summed E-state index contributed by atoms with van der Waals surface area (Å²) >= 11 is 0. The van der Waals surface area contributed by atoms with Gasteiger partial charge in [0.05, 0.1) is 0 Å². The molecule has 0 unspecified atom stereocenters. The molecular formula is C35H48N4. The standard InChI is InChI=1S/C35H48N4/c1-34(2)24-13-17-38-15-5-7-30(38)32(24)36-28-11-9-22(20-26(28)34)19-23-10-12-29-27(21-23)35(3,4)25-14-18-39-16-6-8-31(39)33(25)37-29/h9-12,20-21,24-25,30-33,36-37H,5-8,13-19H2,1-4H3/t24-,25-,30-,31-,32-,33-/m0/s1. The van der Waals surface area contributed by atoms with E-state index in [-0.39, 0.29) is 10.8 Å². The summed E-state index contributed by atoms with van der Waals surface area (Å²) in [7, 11) is 0. The lowest BCUT2D eigenvalue weighted by molar-refractivity contribution is 0.0912. The smallest absolute Gasteiger partial charge is 0.0453 e. The first-order valence-electron chi connectivity index (χ1n) is 16.1. The van der Waals surface area contributed by atoms with Crippen LogP contribution in [-0.2, 0) is 17.3 Å². The second kappa shape index (κ2) is 8.73. The highest BCUT2D eigenvalue weighted by molar-refractivity contribution is 5.62. The van der Waals surface area contributed by atoms with Crippen LogP contribution in [-0.4, -0.2) is 60.1 Å². The lowest BCUT2D eigenvalue weighted by Crippen LogP contribution is -2.59. The minimum atomic E-state index is 0.210. The molecule has 39 heavy (non-hydrogen) atoms. The van der Waals surface area contributed by atoms with Gasteiger partial charge in [-0.25, -0.2) is 0 Å². The van der Waals surface area contributed by atoms with Crippen LogP contribution < -0.4 is 10.6 Å². The Hall–Kier alpha value is -2.04. The van der Waals surface area contributed by atoms with E-state index >= 15 is 0 Å². The van der Waals surface area contributed by atoms with Crippen LogP contribution in [0, 0.1) is 11.8 Å². The predicted octanol–water partition coefficient (Wildman–Crippen LogP) is 6.39. The quantitative estimate of drug-likeness (QED) is 0.477. The number of piperidine rings is 2. The molecule has 0 spiro atoms. The molecule has 4 saturated heterocycles. The first-order valence-corrected chi connectivity index (χ1v) is 16.1. The normalized spacial score (nSPS) is 35.9. The number of hydrogen-bond donors (Lipinski definition) is 2. The van der Waals surface area contributed by atoms with Crippen molar-refractivity contribution in [3.63, 3.8) is 0 Å². The van der Waals surface area contributed by atoms with Crippen LogP contribution in [0.15, 0.2) is 36.4 Å². The molecule has 0 saturated carbocycles. The average Bonchev–Trinajstić information content (AvgIpc) is 3.60. The Morgan fingerprint density at radius 2 is 1.10 bits per heavy atom.